The van der Waals surface area contributed by atoms with Crippen LogP contribution in [0, 0.1) is 5.92 Å². The maximum Gasteiger partial charge on any atom is 0.435 e. The Morgan fingerprint density at radius 2 is 1.86 bits per heavy atom. The van der Waals surface area contributed by atoms with Crippen molar-refractivity contribution in [3.63, 3.8) is 0 Å². The minimum absolute atomic E-state index is 0.622. The van der Waals surface area contributed by atoms with E-state index >= 15 is 0 Å². The quantitative estimate of drug-likeness (QED) is 0.916. The summed E-state index contributed by atoms with van der Waals surface area (Å²) in [7, 11) is 0. The summed E-state index contributed by atoms with van der Waals surface area (Å²) in [6.07, 6.45) is -0.458. The second-order valence-electron chi connectivity index (χ2n) is 5.38. The molecule has 1 aliphatic rings. The molecule has 6 heteroatoms. The standard InChI is InChI=1S/C15H16F3N3/c16-15(17,18)14-7-8-21(20-14)13-5-3-12(4-6-13)10-19-9-11-1-2-11/h3-8,11,19H,1-2,9-10H2. The van der Waals surface area contributed by atoms with Gasteiger partial charge in [-0.3, -0.25) is 0 Å². The van der Waals surface area contributed by atoms with E-state index in [9.17, 15) is 13.2 Å². The van der Waals surface area contributed by atoms with Gasteiger partial charge < -0.3 is 5.32 Å². The van der Waals surface area contributed by atoms with Gasteiger partial charge in [-0.25, -0.2) is 4.68 Å². The lowest BCUT2D eigenvalue weighted by Gasteiger charge is -2.06. The zero-order chi connectivity index (χ0) is 14.9. The average molecular weight is 295 g/mol. The second kappa shape index (κ2) is 5.52. The molecule has 0 amide bonds. The zero-order valence-corrected chi connectivity index (χ0v) is 11.4. The molecule has 1 heterocycles. The molecular formula is C15H16F3N3. The summed E-state index contributed by atoms with van der Waals surface area (Å²) in [4.78, 5) is 0. The molecule has 0 unspecified atom stereocenters. The molecule has 1 saturated carbocycles. The molecule has 3 nitrogen and oxygen atoms in total. The summed E-state index contributed by atoms with van der Waals surface area (Å²) >= 11 is 0. The van der Waals surface area contributed by atoms with Gasteiger partial charge >= 0.3 is 6.18 Å². The third-order valence-corrected chi connectivity index (χ3v) is 3.54. The smallest absolute Gasteiger partial charge is 0.312 e. The highest BCUT2D eigenvalue weighted by Crippen LogP contribution is 2.28. The van der Waals surface area contributed by atoms with Gasteiger partial charge in [-0.15, -0.1) is 0 Å². The minimum Gasteiger partial charge on any atom is -0.312 e. The first-order chi connectivity index (χ1) is 10.0. The molecule has 0 aliphatic heterocycles. The van der Waals surface area contributed by atoms with Crippen molar-refractivity contribution in [1.82, 2.24) is 15.1 Å². The van der Waals surface area contributed by atoms with Gasteiger partial charge in [0.2, 0.25) is 0 Å². The number of rotatable bonds is 5. The van der Waals surface area contributed by atoms with Crippen LogP contribution in [0.1, 0.15) is 24.1 Å². The van der Waals surface area contributed by atoms with Gasteiger partial charge in [-0.2, -0.15) is 18.3 Å². The van der Waals surface area contributed by atoms with Gasteiger partial charge in [0.25, 0.3) is 0 Å². The third-order valence-electron chi connectivity index (χ3n) is 3.54. The molecule has 1 aliphatic carbocycles. The van der Waals surface area contributed by atoms with E-state index in [-0.39, 0.29) is 0 Å². The Kier molecular flexibility index (Phi) is 3.71. The van der Waals surface area contributed by atoms with E-state index in [0.717, 1.165) is 30.6 Å². The molecule has 21 heavy (non-hydrogen) atoms. The average Bonchev–Trinajstić information content (AvgIpc) is 3.12. The highest BCUT2D eigenvalue weighted by molar-refractivity contribution is 5.34. The maximum atomic E-state index is 12.5. The summed E-state index contributed by atoms with van der Waals surface area (Å²) in [5.74, 6) is 0.828. The summed E-state index contributed by atoms with van der Waals surface area (Å²) in [6, 6.07) is 8.35. The fourth-order valence-electron chi connectivity index (χ4n) is 2.13. The number of hydrogen-bond donors (Lipinski definition) is 1. The Hall–Kier alpha value is -1.82. The largest absolute Gasteiger partial charge is 0.435 e. The van der Waals surface area contributed by atoms with Crippen molar-refractivity contribution in [1.29, 1.82) is 0 Å². The second-order valence-corrected chi connectivity index (χ2v) is 5.38. The normalized spacial score (nSPS) is 15.4. The molecule has 1 aromatic heterocycles. The number of aromatic nitrogens is 2. The first-order valence-electron chi connectivity index (χ1n) is 6.95. The Morgan fingerprint density at radius 3 is 2.43 bits per heavy atom. The Balaban J connectivity index is 1.64. The predicted octanol–water partition coefficient (Wildman–Crippen LogP) is 3.39. The van der Waals surface area contributed by atoms with Crippen molar-refractivity contribution in [2.45, 2.75) is 25.6 Å². The Bertz CT molecular complexity index is 597. The minimum atomic E-state index is -4.40. The molecule has 0 atom stereocenters. The predicted molar refractivity (Wildman–Crippen MR) is 73.0 cm³/mol. The molecule has 112 valence electrons. The summed E-state index contributed by atoms with van der Waals surface area (Å²) in [5.41, 5.74) is 0.858. The van der Waals surface area contributed by atoms with E-state index in [2.05, 4.69) is 10.4 Å². The summed E-state index contributed by atoms with van der Waals surface area (Å²) in [6.45, 7) is 1.82. The van der Waals surface area contributed by atoms with Crippen molar-refractivity contribution in [2.24, 2.45) is 5.92 Å². The molecule has 1 aromatic carbocycles. The van der Waals surface area contributed by atoms with Crippen LogP contribution in [0.3, 0.4) is 0 Å². The van der Waals surface area contributed by atoms with Gasteiger partial charge in [0.05, 0.1) is 5.69 Å². The fourth-order valence-corrected chi connectivity index (χ4v) is 2.13. The monoisotopic (exact) mass is 295 g/mol. The van der Waals surface area contributed by atoms with Crippen molar-refractivity contribution < 1.29 is 13.2 Å². The number of benzene rings is 1. The van der Waals surface area contributed by atoms with Crippen LogP contribution < -0.4 is 5.32 Å². The van der Waals surface area contributed by atoms with E-state index in [1.54, 1.807) is 12.1 Å². The van der Waals surface area contributed by atoms with Crippen LogP contribution in [-0.4, -0.2) is 16.3 Å². The maximum absolute atomic E-state index is 12.5. The lowest BCUT2D eigenvalue weighted by atomic mass is 10.2. The third kappa shape index (κ3) is 3.64. The van der Waals surface area contributed by atoms with E-state index < -0.39 is 11.9 Å². The van der Waals surface area contributed by atoms with E-state index in [1.807, 2.05) is 12.1 Å². The van der Waals surface area contributed by atoms with Crippen LogP contribution in [-0.2, 0) is 12.7 Å². The van der Waals surface area contributed by atoms with Crippen molar-refractivity contribution in [3.05, 3.63) is 47.8 Å². The van der Waals surface area contributed by atoms with Crippen LogP contribution in [0.15, 0.2) is 36.5 Å². The van der Waals surface area contributed by atoms with E-state index in [0.29, 0.717) is 5.69 Å². The highest BCUT2D eigenvalue weighted by Gasteiger charge is 2.33. The molecule has 1 N–H and O–H groups in total. The number of halogens is 3. The number of hydrogen-bond acceptors (Lipinski definition) is 2. The highest BCUT2D eigenvalue weighted by atomic mass is 19.4. The summed E-state index contributed by atoms with van der Waals surface area (Å²) < 4.78 is 38.8. The lowest BCUT2D eigenvalue weighted by molar-refractivity contribution is -0.141. The molecular weight excluding hydrogens is 279 g/mol. The zero-order valence-electron chi connectivity index (χ0n) is 11.4. The van der Waals surface area contributed by atoms with Gasteiger partial charge in [-0.1, -0.05) is 12.1 Å². The van der Waals surface area contributed by atoms with Gasteiger partial charge in [0, 0.05) is 12.7 Å². The molecule has 0 bridgehead atoms. The topological polar surface area (TPSA) is 29.9 Å². The van der Waals surface area contributed by atoms with Crippen LogP contribution in [0.4, 0.5) is 13.2 Å². The van der Waals surface area contributed by atoms with Crippen LogP contribution in [0.25, 0.3) is 5.69 Å². The fraction of sp³-hybridized carbons (Fsp3) is 0.400. The van der Waals surface area contributed by atoms with E-state index in [4.69, 9.17) is 0 Å². The first kappa shape index (κ1) is 14.1. The van der Waals surface area contributed by atoms with Gasteiger partial charge in [-0.05, 0) is 49.1 Å². The molecule has 3 rings (SSSR count). The van der Waals surface area contributed by atoms with Crippen molar-refractivity contribution in [3.8, 4) is 5.69 Å². The van der Waals surface area contributed by atoms with Crippen LogP contribution in [0.2, 0.25) is 0 Å². The van der Waals surface area contributed by atoms with Crippen molar-refractivity contribution in [2.75, 3.05) is 6.54 Å². The Labute approximate surface area is 120 Å². The first-order valence-corrected chi connectivity index (χ1v) is 6.95. The SMILES string of the molecule is FC(F)(F)c1ccn(-c2ccc(CNCC3CC3)cc2)n1. The van der Waals surface area contributed by atoms with Crippen LogP contribution in [0.5, 0.6) is 0 Å². The number of alkyl halides is 3. The van der Waals surface area contributed by atoms with Crippen LogP contribution >= 0.6 is 0 Å². The molecule has 0 spiro atoms. The molecule has 1 fully saturated rings. The van der Waals surface area contributed by atoms with E-state index in [1.165, 1.54) is 23.7 Å². The lowest BCUT2D eigenvalue weighted by Crippen LogP contribution is -2.16. The number of nitrogens with one attached hydrogen (secondary N) is 1. The molecule has 0 saturated heterocycles. The Morgan fingerprint density at radius 1 is 1.14 bits per heavy atom. The molecule has 0 radical (unpaired) electrons. The number of nitrogens with zero attached hydrogens (tertiary/aromatic N) is 2. The van der Waals surface area contributed by atoms with Crippen molar-refractivity contribution >= 4 is 0 Å². The summed E-state index contributed by atoms with van der Waals surface area (Å²) in [5, 5.41) is 6.93. The van der Waals surface area contributed by atoms with Gasteiger partial charge in [0.1, 0.15) is 0 Å². The van der Waals surface area contributed by atoms with Gasteiger partial charge in [0.15, 0.2) is 5.69 Å². The molecule has 2 aromatic rings.